The molecule has 0 aliphatic heterocycles. The lowest BCUT2D eigenvalue weighted by atomic mass is 10.1. The molecule has 0 aromatic heterocycles. The van der Waals surface area contributed by atoms with Crippen molar-refractivity contribution < 1.29 is 19.4 Å². The zero-order valence-corrected chi connectivity index (χ0v) is 13.2. The molecule has 0 heterocycles. The summed E-state index contributed by atoms with van der Waals surface area (Å²) in [4.78, 5) is 10.9. The van der Waals surface area contributed by atoms with E-state index in [2.05, 4.69) is 0 Å². The minimum atomic E-state index is -1.25. The zero-order valence-electron chi connectivity index (χ0n) is 13.2. The van der Waals surface area contributed by atoms with Gasteiger partial charge in [0.2, 0.25) is 0 Å². The molecule has 0 fully saturated rings. The van der Waals surface area contributed by atoms with Gasteiger partial charge < -0.3 is 14.6 Å². The van der Waals surface area contributed by atoms with E-state index in [0.717, 1.165) is 11.3 Å². The number of rotatable bonds is 7. The molecule has 0 radical (unpaired) electrons. The normalized spacial score (nSPS) is 10.8. The first kappa shape index (κ1) is 17.1. The molecule has 0 spiro atoms. The third-order valence-corrected chi connectivity index (χ3v) is 3.22. The summed E-state index contributed by atoms with van der Waals surface area (Å²) in [6.45, 7) is 2.72. The van der Waals surface area contributed by atoms with Crippen LogP contribution in [-0.4, -0.2) is 24.3 Å². The predicted molar refractivity (Wildman–Crippen MR) is 89.8 cm³/mol. The number of carboxylic acids is 1. The van der Waals surface area contributed by atoms with Gasteiger partial charge in [-0.15, -0.1) is 0 Å². The molecule has 0 aliphatic rings. The van der Waals surface area contributed by atoms with E-state index in [1.165, 1.54) is 6.08 Å². The second-order valence-electron chi connectivity index (χ2n) is 5.01. The molecule has 1 N–H and O–H groups in total. The molecular formula is C19H17NO4. The van der Waals surface area contributed by atoms with Crippen molar-refractivity contribution in [3.05, 3.63) is 65.2 Å². The first-order chi connectivity index (χ1) is 11.6. The highest BCUT2D eigenvalue weighted by atomic mass is 16.5. The van der Waals surface area contributed by atoms with E-state index in [1.807, 2.05) is 31.2 Å². The highest BCUT2D eigenvalue weighted by molar-refractivity contribution is 5.96. The standard InChI is InChI=1S/C19H17NO4/c1-14-5-2-3-8-18(14)24-10-9-23-17-7-4-6-15(12-17)11-16(13-20)19(21)22/h2-8,11-12H,9-10H2,1H3,(H,21,22). The fourth-order valence-corrected chi connectivity index (χ4v) is 2.03. The van der Waals surface area contributed by atoms with Crippen LogP contribution in [-0.2, 0) is 4.79 Å². The Hall–Kier alpha value is -3.26. The van der Waals surface area contributed by atoms with Crippen LogP contribution >= 0.6 is 0 Å². The maximum atomic E-state index is 10.9. The number of para-hydroxylation sites is 1. The van der Waals surface area contributed by atoms with Gasteiger partial charge in [0.05, 0.1) is 0 Å². The summed E-state index contributed by atoms with van der Waals surface area (Å²) < 4.78 is 11.2. The fraction of sp³-hybridized carbons (Fsp3) is 0.158. The maximum Gasteiger partial charge on any atom is 0.346 e. The highest BCUT2D eigenvalue weighted by Crippen LogP contribution is 2.18. The molecule has 0 saturated heterocycles. The van der Waals surface area contributed by atoms with Crippen molar-refractivity contribution in [3.63, 3.8) is 0 Å². The highest BCUT2D eigenvalue weighted by Gasteiger charge is 2.06. The average Bonchev–Trinajstić information content (AvgIpc) is 2.58. The molecule has 0 aliphatic carbocycles. The maximum absolute atomic E-state index is 10.9. The smallest absolute Gasteiger partial charge is 0.346 e. The molecule has 0 unspecified atom stereocenters. The van der Waals surface area contributed by atoms with Gasteiger partial charge in [-0.1, -0.05) is 30.3 Å². The summed E-state index contributed by atoms with van der Waals surface area (Å²) in [7, 11) is 0. The van der Waals surface area contributed by atoms with Gasteiger partial charge in [0.25, 0.3) is 0 Å². The number of aryl methyl sites for hydroxylation is 1. The number of nitrogens with zero attached hydrogens (tertiary/aromatic N) is 1. The molecule has 0 atom stereocenters. The quantitative estimate of drug-likeness (QED) is 0.479. The Morgan fingerprint density at radius 2 is 1.92 bits per heavy atom. The van der Waals surface area contributed by atoms with Gasteiger partial charge in [-0.2, -0.15) is 5.26 Å². The van der Waals surface area contributed by atoms with Gasteiger partial charge in [0.1, 0.15) is 36.4 Å². The van der Waals surface area contributed by atoms with Gasteiger partial charge in [0, 0.05) is 0 Å². The minimum Gasteiger partial charge on any atom is -0.490 e. The molecule has 0 saturated carbocycles. The van der Waals surface area contributed by atoms with Gasteiger partial charge >= 0.3 is 5.97 Å². The van der Waals surface area contributed by atoms with Crippen molar-refractivity contribution >= 4 is 12.0 Å². The largest absolute Gasteiger partial charge is 0.490 e. The van der Waals surface area contributed by atoms with Crippen LogP contribution in [0.25, 0.3) is 6.08 Å². The number of aliphatic carboxylic acids is 1. The van der Waals surface area contributed by atoms with E-state index in [0.29, 0.717) is 24.5 Å². The molecule has 122 valence electrons. The summed E-state index contributed by atoms with van der Waals surface area (Å²) in [5.74, 6) is 0.146. The third-order valence-electron chi connectivity index (χ3n) is 3.22. The number of hydrogen-bond acceptors (Lipinski definition) is 4. The monoisotopic (exact) mass is 323 g/mol. The first-order valence-corrected chi connectivity index (χ1v) is 7.36. The van der Waals surface area contributed by atoms with Crippen LogP contribution in [0.4, 0.5) is 0 Å². The van der Waals surface area contributed by atoms with E-state index < -0.39 is 5.97 Å². The molecular weight excluding hydrogens is 306 g/mol. The molecule has 0 amide bonds. The number of carbonyl (C=O) groups is 1. The third kappa shape index (κ3) is 4.89. The van der Waals surface area contributed by atoms with Crippen molar-refractivity contribution in [1.29, 1.82) is 5.26 Å². The number of carboxylic acid groups (broad SMARTS) is 1. The van der Waals surface area contributed by atoms with E-state index in [-0.39, 0.29) is 5.57 Å². The van der Waals surface area contributed by atoms with Crippen molar-refractivity contribution in [2.45, 2.75) is 6.92 Å². The lowest BCUT2D eigenvalue weighted by Gasteiger charge is -2.10. The van der Waals surface area contributed by atoms with Gasteiger partial charge in [0.15, 0.2) is 0 Å². The zero-order chi connectivity index (χ0) is 17.4. The summed E-state index contributed by atoms with van der Waals surface area (Å²) in [5.41, 5.74) is 1.32. The Labute approximate surface area is 140 Å². The van der Waals surface area contributed by atoms with Crippen LogP contribution in [0.1, 0.15) is 11.1 Å². The number of nitriles is 1. The Morgan fingerprint density at radius 1 is 1.17 bits per heavy atom. The van der Waals surface area contributed by atoms with Crippen LogP contribution in [0.5, 0.6) is 11.5 Å². The molecule has 2 aromatic carbocycles. The van der Waals surface area contributed by atoms with Crippen LogP contribution in [0, 0.1) is 18.3 Å². The summed E-state index contributed by atoms with van der Waals surface area (Å²) >= 11 is 0. The number of hydrogen-bond donors (Lipinski definition) is 1. The summed E-state index contributed by atoms with van der Waals surface area (Å²) in [6.07, 6.45) is 1.30. The lowest BCUT2D eigenvalue weighted by Crippen LogP contribution is -2.09. The molecule has 5 heteroatoms. The molecule has 2 aromatic rings. The SMILES string of the molecule is Cc1ccccc1OCCOc1cccc(C=C(C#N)C(=O)O)c1. The van der Waals surface area contributed by atoms with Gasteiger partial charge in [-0.25, -0.2) is 4.79 Å². The predicted octanol–water partition coefficient (Wildman–Crippen LogP) is 3.44. The average molecular weight is 323 g/mol. The topological polar surface area (TPSA) is 79.5 Å². The first-order valence-electron chi connectivity index (χ1n) is 7.36. The van der Waals surface area contributed by atoms with Gasteiger partial charge in [-0.3, -0.25) is 0 Å². The van der Waals surface area contributed by atoms with E-state index in [9.17, 15) is 4.79 Å². The Morgan fingerprint density at radius 3 is 2.62 bits per heavy atom. The molecule has 5 nitrogen and oxygen atoms in total. The Balaban J connectivity index is 1.92. The second-order valence-corrected chi connectivity index (χ2v) is 5.01. The van der Waals surface area contributed by atoms with Crippen LogP contribution in [0.3, 0.4) is 0 Å². The van der Waals surface area contributed by atoms with Crippen LogP contribution in [0.2, 0.25) is 0 Å². The number of ether oxygens (including phenoxy) is 2. The number of benzene rings is 2. The molecule has 0 bridgehead atoms. The van der Waals surface area contributed by atoms with Crippen LogP contribution < -0.4 is 9.47 Å². The lowest BCUT2D eigenvalue weighted by molar-refractivity contribution is -0.132. The van der Waals surface area contributed by atoms with Crippen molar-refractivity contribution in [2.24, 2.45) is 0 Å². The van der Waals surface area contributed by atoms with E-state index >= 15 is 0 Å². The van der Waals surface area contributed by atoms with Crippen molar-refractivity contribution in [3.8, 4) is 17.6 Å². The van der Waals surface area contributed by atoms with Crippen LogP contribution in [0.15, 0.2) is 54.1 Å². The van der Waals surface area contributed by atoms with Crippen molar-refractivity contribution in [2.75, 3.05) is 13.2 Å². The Kier molecular flexibility index (Phi) is 5.98. The molecule has 2 rings (SSSR count). The summed E-state index contributed by atoms with van der Waals surface area (Å²) in [5, 5.41) is 17.7. The summed E-state index contributed by atoms with van der Waals surface area (Å²) in [6, 6.07) is 16.3. The van der Waals surface area contributed by atoms with E-state index in [1.54, 1.807) is 30.3 Å². The molecule has 24 heavy (non-hydrogen) atoms. The van der Waals surface area contributed by atoms with Gasteiger partial charge in [-0.05, 0) is 42.3 Å². The minimum absolute atomic E-state index is 0.324. The van der Waals surface area contributed by atoms with Crippen molar-refractivity contribution in [1.82, 2.24) is 0 Å². The fourth-order valence-electron chi connectivity index (χ4n) is 2.03. The second kappa shape index (κ2) is 8.39. The van der Waals surface area contributed by atoms with E-state index in [4.69, 9.17) is 19.8 Å². The Bertz CT molecular complexity index is 790.